The molecular formula is C23H25BrN4O3. The minimum atomic E-state index is -0.0385. The lowest BCUT2D eigenvalue weighted by molar-refractivity contribution is 0.0621. The van der Waals surface area contributed by atoms with Crippen molar-refractivity contribution in [2.75, 3.05) is 33.3 Å². The first kappa shape index (κ1) is 21.4. The van der Waals surface area contributed by atoms with Gasteiger partial charge in [0.25, 0.3) is 5.91 Å². The second-order valence-corrected chi connectivity index (χ2v) is 8.30. The standard InChI is InChI=1S/C23H25BrN4O3/c1-30-21-4-2-3-18(15-21)16-26-11-13-27(14-12-26)23(29)22-9-10-28(25-22)17-31-20-7-5-19(24)6-8-20/h2-10,15H,11-14,16-17H2,1H3. The van der Waals surface area contributed by atoms with E-state index in [2.05, 4.69) is 38.1 Å². The van der Waals surface area contributed by atoms with E-state index in [1.165, 1.54) is 5.56 Å². The predicted molar refractivity (Wildman–Crippen MR) is 121 cm³/mol. The van der Waals surface area contributed by atoms with Gasteiger partial charge in [0.05, 0.1) is 7.11 Å². The minimum Gasteiger partial charge on any atom is -0.497 e. The number of amides is 1. The van der Waals surface area contributed by atoms with E-state index < -0.39 is 0 Å². The number of benzene rings is 2. The van der Waals surface area contributed by atoms with E-state index in [1.54, 1.807) is 24.1 Å². The summed E-state index contributed by atoms with van der Waals surface area (Å²) in [6, 6.07) is 17.4. The highest BCUT2D eigenvalue weighted by Gasteiger charge is 2.23. The number of methoxy groups -OCH3 is 1. The van der Waals surface area contributed by atoms with Crippen molar-refractivity contribution in [2.45, 2.75) is 13.3 Å². The average molecular weight is 485 g/mol. The molecule has 1 aliphatic heterocycles. The zero-order chi connectivity index (χ0) is 21.6. The van der Waals surface area contributed by atoms with Gasteiger partial charge in [-0.05, 0) is 48.0 Å². The fourth-order valence-corrected chi connectivity index (χ4v) is 3.78. The highest BCUT2D eigenvalue weighted by molar-refractivity contribution is 9.10. The van der Waals surface area contributed by atoms with Gasteiger partial charge in [0.15, 0.2) is 12.4 Å². The number of halogens is 1. The number of piperazine rings is 1. The number of carbonyl (C=O) groups is 1. The largest absolute Gasteiger partial charge is 0.497 e. The predicted octanol–water partition coefficient (Wildman–Crippen LogP) is 3.65. The topological polar surface area (TPSA) is 59.8 Å². The van der Waals surface area contributed by atoms with Crippen LogP contribution in [-0.4, -0.2) is 58.8 Å². The molecule has 0 saturated carbocycles. The van der Waals surface area contributed by atoms with Crippen LogP contribution in [0.15, 0.2) is 65.3 Å². The van der Waals surface area contributed by atoms with Crippen LogP contribution >= 0.6 is 15.9 Å². The third-order valence-corrected chi connectivity index (χ3v) is 5.77. The molecule has 0 spiro atoms. The molecule has 1 amide bonds. The third kappa shape index (κ3) is 5.65. The Balaban J connectivity index is 1.27. The number of hydrogen-bond acceptors (Lipinski definition) is 5. The summed E-state index contributed by atoms with van der Waals surface area (Å²) >= 11 is 3.40. The fraction of sp³-hybridized carbons (Fsp3) is 0.304. The van der Waals surface area contributed by atoms with Gasteiger partial charge in [-0.3, -0.25) is 9.69 Å². The van der Waals surface area contributed by atoms with Gasteiger partial charge >= 0.3 is 0 Å². The van der Waals surface area contributed by atoms with Crippen molar-refractivity contribution in [1.82, 2.24) is 19.6 Å². The molecule has 1 aliphatic rings. The molecule has 162 valence electrons. The lowest BCUT2D eigenvalue weighted by atomic mass is 10.2. The normalized spacial score (nSPS) is 14.5. The molecule has 0 atom stereocenters. The lowest BCUT2D eigenvalue weighted by Crippen LogP contribution is -2.48. The first-order chi connectivity index (χ1) is 15.1. The Morgan fingerprint density at radius 3 is 2.55 bits per heavy atom. The van der Waals surface area contributed by atoms with Gasteiger partial charge in [0.2, 0.25) is 0 Å². The fourth-order valence-electron chi connectivity index (χ4n) is 3.52. The van der Waals surface area contributed by atoms with Gasteiger partial charge in [-0.15, -0.1) is 0 Å². The molecule has 0 unspecified atom stereocenters. The van der Waals surface area contributed by atoms with Gasteiger partial charge in [0.1, 0.15) is 11.5 Å². The smallest absolute Gasteiger partial charge is 0.274 e. The molecule has 4 rings (SSSR count). The summed E-state index contributed by atoms with van der Waals surface area (Å²) < 4.78 is 13.6. The molecule has 0 aliphatic carbocycles. The number of nitrogens with zero attached hydrogens (tertiary/aromatic N) is 4. The highest BCUT2D eigenvalue weighted by atomic mass is 79.9. The molecular weight excluding hydrogens is 460 g/mol. The van der Waals surface area contributed by atoms with E-state index in [0.717, 1.165) is 35.6 Å². The highest BCUT2D eigenvalue weighted by Crippen LogP contribution is 2.17. The number of rotatable bonds is 7. The van der Waals surface area contributed by atoms with Crippen molar-refractivity contribution >= 4 is 21.8 Å². The summed E-state index contributed by atoms with van der Waals surface area (Å²) in [4.78, 5) is 17.1. The Bertz CT molecular complexity index is 1010. The Hall–Kier alpha value is -2.84. The van der Waals surface area contributed by atoms with Crippen LogP contribution in [-0.2, 0) is 13.3 Å². The van der Waals surface area contributed by atoms with Crippen LogP contribution in [0.25, 0.3) is 0 Å². The van der Waals surface area contributed by atoms with Gasteiger partial charge in [-0.1, -0.05) is 28.1 Å². The van der Waals surface area contributed by atoms with Crippen molar-refractivity contribution in [3.05, 3.63) is 76.5 Å². The van der Waals surface area contributed by atoms with E-state index in [1.807, 2.05) is 41.3 Å². The first-order valence-corrected chi connectivity index (χ1v) is 11.0. The maximum atomic E-state index is 12.8. The third-order valence-electron chi connectivity index (χ3n) is 5.24. The van der Waals surface area contributed by atoms with Gasteiger partial charge in [0, 0.05) is 43.4 Å². The van der Waals surface area contributed by atoms with Crippen LogP contribution in [0.3, 0.4) is 0 Å². The monoisotopic (exact) mass is 484 g/mol. The molecule has 0 radical (unpaired) electrons. The molecule has 31 heavy (non-hydrogen) atoms. The van der Waals surface area contributed by atoms with Crippen LogP contribution in [0.2, 0.25) is 0 Å². The number of hydrogen-bond donors (Lipinski definition) is 0. The summed E-state index contributed by atoms with van der Waals surface area (Å²) in [7, 11) is 1.68. The van der Waals surface area contributed by atoms with Gasteiger partial charge < -0.3 is 14.4 Å². The van der Waals surface area contributed by atoms with Gasteiger partial charge in [-0.25, -0.2) is 4.68 Å². The number of aromatic nitrogens is 2. The van der Waals surface area contributed by atoms with Crippen molar-refractivity contribution in [3.63, 3.8) is 0 Å². The van der Waals surface area contributed by atoms with Crippen LogP contribution in [0.1, 0.15) is 16.1 Å². The molecule has 2 heterocycles. The van der Waals surface area contributed by atoms with Crippen molar-refractivity contribution < 1.29 is 14.3 Å². The number of carbonyl (C=O) groups excluding carboxylic acids is 1. The van der Waals surface area contributed by atoms with E-state index in [4.69, 9.17) is 9.47 Å². The number of ether oxygens (including phenoxy) is 2. The minimum absolute atomic E-state index is 0.0385. The zero-order valence-electron chi connectivity index (χ0n) is 17.4. The van der Waals surface area contributed by atoms with E-state index in [-0.39, 0.29) is 12.6 Å². The van der Waals surface area contributed by atoms with E-state index >= 15 is 0 Å². The molecule has 0 N–H and O–H groups in total. The summed E-state index contributed by atoms with van der Waals surface area (Å²) in [5.74, 6) is 1.58. The zero-order valence-corrected chi connectivity index (χ0v) is 19.0. The Labute approximate surface area is 190 Å². The Kier molecular flexibility index (Phi) is 6.89. The molecule has 7 nitrogen and oxygen atoms in total. The van der Waals surface area contributed by atoms with Crippen molar-refractivity contribution in [1.29, 1.82) is 0 Å². The van der Waals surface area contributed by atoms with Crippen LogP contribution in [0, 0.1) is 0 Å². The SMILES string of the molecule is COc1cccc(CN2CCN(C(=O)c3ccn(COc4ccc(Br)cc4)n3)CC2)c1. The van der Waals surface area contributed by atoms with Crippen LogP contribution < -0.4 is 9.47 Å². The second kappa shape index (κ2) is 9.98. The summed E-state index contributed by atoms with van der Waals surface area (Å²) in [5, 5.41) is 4.39. The summed E-state index contributed by atoms with van der Waals surface area (Å²) in [6.45, 7) is 4.13. The quantitative estimate of drug-likeness (QED) is 0.512. The van der Waals surface area contributed by atoms with Crippen molar-refractivity contribution in [3.8, 4) is 11.5 Å². The Morgan fingerprint density at radius 2 is 1.81 bits per heavy atom. The Morgan fingerprint density at radius 1 is 1.03 bits per heavy atom. The molecule has 3 aromatic rings. The molecule has 0 bridgehead atoms. The maximum Gasteiger partial charge on any atom is 0.274 e. The second-order valence-electron chi connectivity index (χ2n) is 7.39. The summed E-state index contributed by atoms with van der Waals surface area (Å²) in [5.41, 5.74) is 1.66. The molecule has 8 heteroatoms. The van der Waals surface area contributed by atoms with Crippen LogP contribution in [0.5, 0.6) is 11.5 Å². The summed E-state index contributed by atoms with van der Waals surface area (Å²) in [6.07, 6.45) is 1.77. The molecule has 2 aromatic carbocycles. The van der Waals surface area contributed by atoms with Crippen molar-refractivity contribution in [2.24, 2.45) is 0 Å². The van der Waals surface area contributed by atoms with Gasteiger partial charge in [-0.2, -0.15) is 5.10 Å². The lowest BCUT2D eigenvalue weighted by Gasteiger charge is -2.34. The van der Waals surface area contributed by atoms with Crippen LogP contribution in [0.4, 0.5) is 0 Å². The van der Waals surface area contributed by atoms with E-state index in [0.29, 0.717) is 18.8 Å². The first-order valence-electron chi connectivity index (χ1n) is 10.2. The maximum absolute atomic E-state index is 12.8. The molecule has 1 fully saturated rings. The molecule has 1 aromatic heterocycles. The molecule has 1 saturated heterocycles. The van der Waals surface area contributed by atoms with E-state index in [9.17, 15) is 4.79 Å². The average Bonchev–Trinajstić information content (AvgIpc) is 3.28.